The number of ether oxygens (including phenoxy) is 1. The topological polar surface area (TPSA) is 62.9 Å². The summed E-state index contributed by atoms with van der Waals surface area (Å²) in [5.74, 6) is 1.82. The van der Waals surface area contributed by atoms with Crippen LogP contribution in [0.2, 0.25) is 0 Å². The molecule has 0 radical (unpaired) electrons. The highest BCUT2D eigenvalue weighted by molar-refractivity contribution is 14.0. The first kappa shape index (κ1) is 23.2. The summed E-state index contributed by atoms with van der Waals surface area (Å²) < 4.78 is 25.2. The molecule has 2 heterocycles. The van der Waals surface area contributed by atoms with Crippen LogP contribution in [0.1, 0.15) is 24.5 Å². The SMILES string of the molecule is CN=C(NCc1ncc(-c2ccccc2)o1)N1CC(C)OC(c2ccc(F)cc2)C1.I. The van der Waals surface area contributed by atoms with Crippen LogP contribution in [0, 0.1) is 5.82 Å². The lowest BCUT2D eigenvalue weighted by atomic mass is 10.1. The molecule has 0 bridgehead atoms. The second kappa shape index (κ2) is 10.7. The van der Waals surface area contributed by atoms with Gasteiger partial charge in [-0.05, 0) is 24.6 Å². The van der Waals surface area contributed by atoms with Crippen LogP contribution < -0.4 is 5.32 Å². The highest BCUT2D eigenvalue weighted by atomic mass is 127. The van der Waals surface area contributed by atoms with E-state index in [0.717, 1.165) is 22.8 Å². The molecular weight excluding hydrogens is 510 g/mol. The minimum absolute atomic E-state index is 0. The molecule has 1 N–H and O–H groups in total. The normalized spacial score (nSPS) is 19.1. The first-order chi connectivity index (χ1) is 14.6. The Kier molecular flexibility index (Phi) is 8.03. The zero-order valence-corrected chi connectivity index (χ0v) is 19.8. The molecule has 0 spiro atoms. The van der Waals surface area contributed by atoms with Gasteiger partial charge in [-0.15, -0.1) is 24.0 Å². The molecular formula is C23H26FIN4O2. The van der Waals surface area contributed by atoms with Crippen LogP contribution in [0.15, 0.2) is 70.2 Å². The van der Waals surface area contributed by atoms with Gasteiger partial charge in [0.2, 0.25) is 5.89 Å². The van der Waals surface area contributed by atoms with E-state index in [-0.39, 0.29) is 42.0 Å². The summed E-state index contributed by atoms with van der Waals surface area (Å²) >= 11 is 0. The molecule has 2 aromatic carbocycles. The molecule has 3 aromatic rings. The van der Waals surface area contributed by atoms with Crippen LogP contribution in [0.3, 0.4) is 0 Å². The molecule has 1 aromatic heterocycles. The van der Waals surface area contributed by atoms with Crippen LogP contribution in [0.25, 0.3) is 11.3 Å². The zero-order valence-electron chi connectivity index (χ0n) is 17.5. The number of morpholine rings is 1. The summed E-state index contributed by atoms with van der Waals surface area (Å²) in [5.41, 5.74) is 1.94. The van der Waals surface area contributed by atoms with E-state index in [1.54, 1.807) is 25.4 Å². The van der Waals surface area contributed by atoms with Crippen LogP contribution >= 0.6 is 24.0 Å². The van der Waals surface area contributed by atoms with E-state index in [2.05, 4.69) is 20.2 Å². The Bertz CT molecular complexity index is 994. The Morgan fingerprint density at radius 1 is 1.16 bits per heavy atom. The largest absolute Gasteiger partial charge is 0.439 e. The number of aliphatic imine (C=N–C) groups is 1. The average Bonchev–Trinajstić information content (AvgIpc) is 3.24. The lowest BCUT2D eigenvalue weighted by Gasteiger charge is -2.38. The van der Waals surface area contributed by atoms with Gasteiger partial charge in [-0.1, -0.05) is 42.5 Å². The molecule has 164 valence electrons. The van der Waals surface area contributed by atoms with Crippen molar-refractivity contribution in [2.75, 3.05) is 20.1 Å². The molecule has 0 amide bonds. The maximum absolute atomic E-state index is 13.3. The van der Waals surface area contributed by atoms with Crippen LogP contribution in [-0.4, -0.2) is 42.1 Å². The van der Waals surface area contributed by atoms with Gasteiger partial charge in [0.15, 0.2) is 11.7 Å². The number of oxazole rings is 1. The van der Waals surface area contributed by atoms with Gasteiger partial charge >= 0.3 is 0 Å². The number of hydrogen-bond donors (Lipinski definition) is 1. The quantitative estimate of drug-likeness (QED) is 0.299. The molecule has 2 unspecified atom stereocenters. The Labute approximate surface area is 198 Å². The molecule has 0 aliphatic carbocycles. The number of halogens is 2. The fourth-order valence-corrected chi connectivity index (χ4v) is 3.60. The maximum atomic E-state index is 13.3. The minimum Gasteiger partial charge on any atom is -0.439 e. The van der Waals surface area contributed by atoms with E-state index in [1.807, 2.05) is 37.3 Å². The summed E-state index contributed by atoms with van der Waals surface area (Å²) in [5, 5.41) is 3.33. The fraction of sp³-hybridized carbons (Fsp3) is 0.304. The molecule has 6 nitrogen and oxygen atoms in total. The van der Waals surface area contributed by atoms with E-state index in [1.165, 1.54) is 12.1 Å². The van der Waals surface area contributed by atoms with Crippen molar-refractivity contribution in [3.05, 3.63) is 78.1 Å². The van der Waals surface area contributed by atoms with Gasteiger partial charge in [0.05, 0.1) is 25.4 Å². The second-order valence-corrected chi connectivity index (χ2v) is 7.28. The van der Waals surface area contributed by atoms with Crippen molar-refractivity contribution < 1.29 is 13.5 Å². The van der Waals surface area contributed by atoms with Crippen molar-refractivity contribution in [1.29, 1.82) is 0 Å². The van der Waals surface area contributed by atoms with E-state index < -0.39 is 0 Å². The molecule has 1 aliphatic rings. The Morgan fingerprint density at radius 3 is 2.61 bits per heavy atom. The summed E-state index contributed by atoms with van der Waals surface area (Å²) in [6, 6.07) is 16.3. The summed E-state index contributed by atoms with van der Waals surface area (Å²) in [6.45, 7) is 3.78. The zero-order chi connectivity index (χ0) is 20.9. The molecule has 0 saturated carbocycles. The molecule has 1 saturated heterocycles. The van der Waals surface area contributed by atoms with Crippen molar-refractivity contribution in [3.63, 3.8) is 0 Å². The van der Waals surface area contributed by atoms with Crippen molar-refractivity contribution in [1.82, 2.24) is 15.2 Å². The highest BCUT2D eigenvalue weighted by Crippen LogP contribution is 2.25. The number of rotatable bonds is 4. The number of benzene rings is 2. The molecule has 31 heavy (non-hydrogen) atoms. The maximum Gasteiger partial charge on any atom is 0.214 e. The smallest absolute Gasteiger partial charge is 0.214 e. The van der Waals surface area contributed by atoms with Gasteiger partial charge in [-0.25, -0.2) is 9.37 Å². The van der Waals surface area contributed by atoms with Crippen molar-refractivity contribution in [3.8, 4) is 11.3 Å². The lowest BCUT2D eigenvalue weighted by molar-refractivity contribution is -0.0605. The van der Waals surface area contributed by atoms with Crippen LogP contribution in [0.4, 0.5) is 4.39 Å². The number of nitrogens with zero attached hydrogens (tertiary/aromatic N) is 3. The minimum atomic E-state index is -0.252. The van der Waals surface area contributed by atoms with E-state index in [0.29, 0.717) is 25.5 Å². The Morgan fingerprint density at radius 2 is 1.90 bits per heavy atom. The summed E-state index contributed by atoms with van der Waals surface area (Å²) in [7, 11) is 1.75. The van der Waals surface area contributed by atoms with Crippen molar-refractivity contribution in [2.45, 2.75) is 25.7 Å². The van der Waals surface area contributed by atoms with E-state index in [4.69, 9.17) is 9.15 Å². The van der Waals surface area contributed by atoms with Gasteiger partial charge < -0.3 is 19.4 Å². The first-order valence-corrected chi connectivity index (χ1v) is 9.99. The van der Waals surface area contributed by atoms with Gasteiger partial charge in [-0.3, -0.25) is 4.99 Å². The van der Waals surface area contributed by atoms with Crippen LogP contribution in [-0.2, 0) is 11.3 Å². The fourth-order valence-electron chi connectivity index (χ4n) is 3.60. The predicted molar refractivity (Wildman–Crippen MR) is 129 cm³/mol. The van der Waals surface area contributed by atoms with Crippen molar-refractivity contribution in [2.24, 2.45) is 4.99 Å². The summed E-state index contributed by atoms with van der Waals surface area (Å²) in [4.78, 5) is 10.9. The van der Waals surface area contributed by atoms with Crippen molar-refractivity contribution >= 4 is 29.9 Å². The second-order valence-electron chi connectivity index (χ2n) is 7.28. The number of guanidine groups is 1. The number of aromatic nitrogens is 1. The average molecular weight is 536 g/mol. The monoisotopic (exact) mass is 536 g/mol. The molecule has 1 aliphatic heterocycles. The number of hydrogen-bond acceptors (Lipinski definition) is 4. The first-order valence-electron chi connectivity index (χ1n) is 9.99. The summed E-state index contributed by atoms with van der Waals surface area (Å²) in [6.07, 6.45) is 1.59. The lowest BCUT2D eigenvalue weighted by Crippen LogP contribution is -2.50. The molecule has 4 rings (SSSR count). The Balaban J connectivity index is 0.00000272. The van der Waals surface area contributed by atoms with Gasteiger partial charge in [0.25, 0.3) is 0 Å². The molecule has 8 heteroatoms. The van der Waals surface area contributed by atoms with E-state index >= 15 is 0 Å². The van der Waals surface area contributed by atoms with E-state index in [9.17, 15) is 4.39 Å². The molecule has 2 atom stereocenters. The third-order valence-electron chi connectivity index (χ3n) is 5.02. The van der Waals surface area contributed by atoms with Crippen LogP contribution in [0.5, 0.6) is 0 Å². The predicted octanol–water partition coefficient (Wildman–Crippen LogP) is 4.64. The number of nitrogens with one attached hydrogen (secondary N) is 1. The third-order valence-corrected chi connectivity index (χ3v) is 5.02. The van der Waals surface area contributed by atoms with Gasteiger partial charge in [0, 0.05) is 19.2 Å². The van der Waals surface area contributed by atoms with Gasteiger partial charge in [0.1, 0.15) is 11.9 Å². The molecule has 1 fully saturated rings. The highest BCUT2D eigenvalue weighted by Gasteiger charge is 2.28. The third kappa shape index (κ3) is 5.82. The standard InChI is InChI=1S/C23H25FN4O2.HI/c1-16-14-28(15-21(29-16)18-8-10-19(24)11-9-18)23(25-2)27-13-22-26-12-20(30-22)17-6-4-3-5-7-17;/h3-12,16,21H,13-15H2,1-2H3,(H,25,27);1H. The Hall–Kier alpha value is -2.46. The van der Waals surface area contributed by atoms with Gasteiger partial charge in [-0.2, -0.15) is 0 Å².